The molecule has 1 rings (SSSR count). The lowest BCUT2D eigenvalue weighted by Crippen LogP contribution is -2.00. The molecule has 15 heavy (non-hydrogen) atoms. The van der Waals surface area contributed by atoms with Gasteiger partial charge >= 0.3 is 0 Å². The molecular formula is C13H17FO. The van der Waals surface area contributed by atoms with E-state index in [1.165, 1.54) is 6.07 Å². The van der Waals surface area contributed by atoms with Gasteiger partial charge in [-0.15, -0.1) is 6.58 Å². The van der Waals surface area contributed by atoms with Gasteiger partial charge in [-0.05, 0) is 37.8 Å². The van der Waals surface area contributed by atoms with Crippen molar-refractivity contribution in [2.75, 3.05) is 0 Å². The second-order valence-corrected chi connectivity index (χ2v) is 3.76. The van der Waals surface area contributed by atoms with Crippen molar-refractivity contribution in [3.63, 3.8) is 0 Å². The molecule has 0 fully saturated rings. The molecule has 0 aliphatic carbocycles. The number of aliphatic hydroxyl groups is 1. The highest BCUT2D eigenvalue weighted by Crippen LogP contribution is 2.22. The van der Waals surface area contributed by atoms with Crippen molar-refractivity contribution in [1.29, 1.82) is 0 Å². The molecule has 0 radical (unpaired) electrons. The van der Waals surface area contributed by atoms with Crippen LogP contribution in [0.5, 0.6) is 0 Å². The summed E-state index contributed by atoms with van der Waals surface area (Å²) in [5.41, 5.74) is 1.26. The zero-order valence-corrected chi connectivity index (χ0v) is 9.04. The van der Waals surface area contributed by atoms with Crippen LogP contribution in [0.3, 0.4) is 0 Å². The van der Waals surface area contributed by atoms with Crippen LogP contribution in [0.2, 0.25) is 0 Å². The highest BCUT2D eigenvalue weighted by atomic mass is 19.1. The summed E-state index contributed by atoms with van der Waals surface area (Å²) in [7, 11) is 0. The maximum Gasteiger partial charge on any atom is 0.129 e. The van der Waals surface area contributed by atoms with Gasteiger partial charge in [0.2, 0.25) is 0 Å². The van der Waals surface area contributed by atoms with E-state index in [9.17, 15) is 9.50 Å². The van der Waals surface area contributed by atoms with Crippen LogP contribution in [-0.4, -0.2) is 5.11 Å². The lowest BCUT2D eigenvalue weighted by molar-refractivity contribution is 0.160. The van der Waals surface area contributed by atoms with Crippen molar-refractivity contribution in [3.05, 3.63) is 47.8 Å². The molecule has 1 nitrogen and oxygen atoms in total. The van der Waals surface area contributed by atoms with E-state index in [1.54, 1.807) is 12.1 Å². The van der Waals surface area contributed by atoms with Gasteiger partial charge in [-0.1, -0.05) is 18.2 Å². The van der Waals surface area contributed by atoms with E-state index < -0.39 is 6.10 Å². The second-order valence-electron chi connectivity index (χ2n) is 3.76. The van der Waals surface area contributed by atoms with Crippen molar-refractivity contribution in [1.82, 2.24) is 0 Å². The van der Waals surface area contributed by atoms with Gasteiger partial charge in [0, 0.05) is 5.56 Å². The molecule has 0 aliphatic rings. The van der Waals surface area contributed by atoms with Crippen LogP contribution in [0.4, 0.5) is 4.39 Å². The Kier molecular flexibility index (Phi) is 4.50. The standard InChI is InChI=1S/C13H17FO/c1-3-4-5-6-13(15)11-8-7-10(2)9-12(11)14/h3,7-9,13,15H,1,4-6H2,2H3. The van der Waals surface area contributed by atoms with Gasteiger partial charge in [0.15, 0.2) is 0 Å². The molecule has 1 atom stereocenters. The maximum atomic E-state index is 13.4. The molecule has 82 valence electrons. The number of rotatable bonds is 5. The quantitative estimate of drug-likeness (QED) is 0.579. The van der Waals surface area contributed by atoms with Crippen molar-refractivity contribution < 1.29 is 9.50 Å². The van der Waals surface area contributed by atoms with Crippen LogP contribution >= 0.6 is 0 Å². The minimum absolute atomic E-state index is 0.318. The number of unbranched alkanes of at least 4 members (excludes halogenated alkanes) is 1. The highest BCUT2D eigenvalue weighted by molar-refractivity contribution is 5.25. The first-order valence-corrected chi connectivity index (χ1v) is 5.20. The van der Waals surface area contributed by atoms with Gasteiger partial charge in [0.1, 0.15) is 5.82 Å². The minimum atomic E-state index is -0.703. The third kappa shape index (κ3) is 3.48. The lowest BCUT2D eigenvalue weighted by atomic mass is 10.0. The van der Waals surface area contributed by atoms with Gasteiger partial charge in [-0.3, -0.25) is 0 Å². The predicted molar refractivity (Wildman–Crippen MR) is 60.1 cm³/mol. The fraction of sp³-hybridized carbons (Fsp3) is 0.385. The van der Waals surface area contributed by atoms with Gasteiger partial charge < -0.3 is 5.11 Å². The summed E-state index contributed by atoms with van der Waals surface area (Å²) in [4.78, 5) is 0. The van der Waals surface area contributed by atoms with Gasteiger partial charge in [0.25, 0.3) is 0 Å². The number of hydrogen-bond donors (Lipinski definition) is 1. The summed E-state index contributed by atoms with van der Waals surface area (Å²) in [6.07, 6.45) is 3.36. The molecule has 1 aromatic carbocycles. The fourth-order valence-electron chi connectivity index (χ4n) is 1.51. The van der Waals surface area contributed by atoms with E-state index >= 15 is 0 Å². The molecule has 0 aromatic heterocycles. The summed E-state index contributed by atoms with van der Waals surface area (Å²) in [6, 6.07) is 4.92. The Labute approximate surface area is 90.3 Å². The first-order valence-electron chi connectivity index (χ1n) is 5.20. The van der Waals surface area contributed by atoms with Crippen molar-refractivity contribution in [2.24, 2.45) is 0 Å². The second kappa shape index (κ2) is 5.66. The first kappa shape index (κ1) is 11.9. The monoisotopic (exact) mass is 208 g/mol. The first-order chi connectivity index (χ1) is 7.15. The van der Waals surface area contributed by atoms with E-state index in [-0.39, 0.29) is 5.82 Å². The minimum Gasteiger partial charge on any atom is -0.388 e. The average Bonchev–Trinajstić information content (AvgIpc) is 2.17. The predicted octanol–water partition coefficient (Wildman–Crippen LogP) is 3.52. The largest absolute Gasteiger partial charge is 0.388 e. The average molecular weight is 208 g/mol. The number of benzene rings is 1. The molecule has 1 aromatic rings. The number of aliphatic hydroxyl groups excluding tert-OH is 1. The third-order valence-corrected chi connectivity index (χ3v) is 2.40. The lowest BCUT2D eigenvalue weighted by Gasteiger charge is -2.11. The Balaban J connectivity index is 2.64. The van der Waals surface area contributed by atoms with Crippen LogP contribution in [0, 0.1) is 12.7 Å². The van der Waals surface area contributed by atoms with E-state index in [0.29, 0.717) is 12.0 Å². The molecule has 0 saturated carbocycles. The summed E-state index contributed by atoms with van der Waals surface area (Å²) in [5, 5.41) is 9.74. The molecule has 2 heteroatoms. The Bertz CT molecular complexity index is 333. The molecule has 0 amide bonds. The van der Waals surface area contributed by atoms with E-state index in [0.717, 1.165) is 18.4 Å². The van der Waals surface area contributed by atoms with Crippen LogP contribution in [0.25, 0.3) is 0 Å². The summed E-state index contributed by atoms with van der Waals surface area (Å²) >= 11 is 0. The maximum absolute atomic E-state index is 13.4. The topological polar surface area (TPSA) is 20.2 Å². The zero-order chi connectivity index (χ0) is 11.3. The van der Waals surface area contributed by atoms with Gasteiger partial charge in [0.05, 0.1) is 6.10 Å². The molecule has 1 N–H and O–H groups in total. The highest BCUT2D eigenvalue weighted by Gasteiger charge is 2.11. The number of halogens is 1. The van der Waals surface area contributed by atoms with Gasteiger partial charge in [-0.25, -0.2) is 4.39 Å². The molecule has 0 saturated heterocycles. The van der Waals surface area contributed by atoms with Crippen molar-refractivity contribution >= 4 is 0 Å². The third-order valence-electron chi connectivity index (χ3n) is 2.40. The Morgan fingerprint density at radius 2 is 2.27 bits per heavy atom. The van der Waals surface area contributed by atoms with Crippen LogP contribution in [0.1, 0.15) is 36.5 Å². The van der Waals surface area contributed by atoms with Crippen molar-refractivity contribution in [2.45, 2.75) is 32.3 Å². The van der Waals surface area contributed by atoms with Crippen LogP contribution in [-0.2, 0) is 0 Å². The fourth-order valence-corrected chi connectivity index (χ4v) is 1.51. The van der Waals surface area contributed by atoms with Crippen LogP contribution < -0.4 is 0 Å². The summed E-state index contributed by atoms with van der Waals surface area (Å²) in [5.74, 6) is -0.318. The smallest absolute Gasteiger partial charge is 0.129 e. The van der Waals surface area contributed by atoms with Crippen LogP contribution in [0.15, 0.2) is 30.9 Å². The van der Waals surface area contributed by atoms with E-state index in [4.69, 9.17) is 0 Å². The SMILES string of the molecule is C=CCCCC(O)c1ccc(C)cc1F. The molecule has 1 unspecified atom stereocenters. The van der Waals surface area contributed by atoms with E-state index in [1.807, 2.05) is 13.0 Å². The Morgan fingerprint density at radius 1 is 1.53 bits per heavy atom. The Morgan fingerprint density at radius 3 is 2.87 bits per heavy atom. The molecule has 0 spiro atoms. The molecule has 0 aliphatic heterocycles. The number of aryl methyl sites for hydroxylation is 1. The molecular weight excluding hydrogens is 191 g/mol. The summed E-state index contributed by atoms with van der Waals surface area (Å²) in [6.45, 7) is 5.43. The number of allylic oxidation sites excluding steroid dienone is 1. The zero-order valence-electron chi connectivity index (χ0n) is 9.04. The van der Waals surface area contributed by atoms with Gasteiger partial charge in [-0.2, -0.15) is 0 Å². The summed E-state index contributed by atoms with van der Waals surface area (Å²) < 4.78 is 13.4. The molecule has 0 heterocycles. The number of hydrogen-bond acceptors (Lipinski definition) is 1. The Hall–Kier alpha value is -1.15. The normalized spacial score (nSPS) is 12.5. The van der Waals surface area contributed by atoms with Crippen molar-refractivity contribution in [3.8, 4) is 0 Å². The van der Waals surface area contributed by atoms with E-state index in [2.05, 4.69) is 6.58 Å². The molecule has 0 bridgehead atoms.